The maximum atomic E-state index is 12.4. The van der Waals surface area contributed by atoms with Gasteiger partial charge in [-0.3, -0.25) is 9.78 Å². The number of hydrogen-bond acceptors (Lipinski definition) is 8. The van der Waals surface area contributed by atoms with Crippen molar-refractivity contribution in [3.8, 4) is 17.2 Å². The molecule has 2 amide bonds. The molecule has 0 bridgehead atoms. The molecular formula is C24H23ClN6O3S. The average molecular weight is 511 g/mol. The first kappa shape index (κ1) is 24.4. The Morgan fingerprint density at radius 1 is 1.17 bits per heavy atom. The van der Waals surface area contributed by atoms with Crippen molar-refractivity contribution in [2.24, 2.45) is 0 Å². The van der Waals surface area contributed by atoms with E-state index in [0.29, 0.717) is 48.1 Å². The van der Waals surface area contributed by atoms with Gasteiger partial charge in [0.25, 0.3) is 5.91 Å². The molecule has 4 rings (SSSR count). The normalized spacial score (nSPS) is 13.3. The molecule has 0 N–H and O–H groups in total. The summed E-state index contributed by atoms with van der Waals surface area (Å²) in [6.07, 6.45) is 3.00. The van der Waals surface area contributed by atoms with Crippen LogP contribution in [0.15, 0.2) is 42.2 Å². The van der Waals surface area contributed by atoms with E-state index in [4.69, 9.17) is 16.3 Å². The smallest absolute Gasteiger partial charge is 0.410 e. The summed E-state index contributed by atoms with van der Waals surface area (Å²) < 4.78 is 5.36. The van der Waals surface area contributed by atoms with Crippen LogP contribution < -0.4 is 4.90 Å². The molecule has 0 radical (unpaired) electrons. The lowest BCUT2D eigenvalue weighted by atomic mass is 10.0. The standard InChI is InChI=1S/C24H23ClN6O3S/c1-29(2)23(32)20-4-3-16(10-21(20)25)18-9-17(11-26)22(28-12-18)30-5-7-31(8-6-30)24(33)34-14-19-13-27-15-35-19/h3-4,9-10,12-13,15H,5-8,14H2,1-2H3. The molecule has 35 heavy (non-hydrogen) atoms. The number of thiazole rings is 1. The van der Waals surface area contributed by atoms with Gasteiger partial charge in [-0.1, -0.05) is 17.7 Å². The Hall–Kier alpha value is -3.68. The van der Waals surface area contributed by atoms with Gasteiger partial charge in [0.1, 0.15) is 18.5 Å². The highest BCUT2D eigenvalue weighted by Gasteiger charge is 2.25. The van der Waals surface area contributed by atoms with Gasteiger partial charge in [0.2, 0.25) is 0 Å². The Morgan fingerprint density at radius 2 is 1.94 bits per heavy atom. The lowest BCUT2D eigenvalue weighted by Gasteiger charge is -2.35. The predicted molar refractivity (Wildman–Crippen MR) is 134 cm³/mol. The Morgan fingerprint density at radius 3 is 2.57 bits per heavy atom. The number of ether oxygens (including phenoxy) is 1. The number of nitrogens with zero attached hydrogens (tertiary/aromatic N) is 6. The summed E-state index contributed by atoms with van der Waals surface area (Å²) in [5.41, 5.74) is 4.01. The number of benzene rings is 1. The van der Waals surface area contributed by atoms with E-state index in [-0.39, 0.29) is 18.6 Å². The number of piperazine rings is 1. The van der Waals surface area contributed by atoms with Crippen LogP contribution in [-0.2, 0) is 11.3 Å². The van der Waals surface area contributed by atoms with Crippen molar-refractivity contribution in [3.63, 3.8) is 0 Å². The molecule has 1 aliphatic rings. The highest BCUT2D eigenvalue weighted by molar-refractivity contribution is 7.09. The highest BCUT2D eigenvalue weighted by atomic mass is 35.5. The number of amides is 2. The number of anilines is 1. The van der Waals surface area contributed by atoms with Crippen LogP contribution in [0.2, 0.25) is 5.02 Å². The van der Waals surface area contributed by atoms with Crippen LogP contribution in [0, 0.1) is 11.3 Å². The summed E-state index contributed by atoms with van der Waals surface area (Å²) in [5.74, 6) is 0.388. The van der Waals surface area contributed by atoms with Gasteiger partial charge in [-0.25, -0.2) is 9.78 Å². The lowest BCUT2D eigenvalue weighted by Crippen LogP contribution is -2.49. The van der Waals surface area contributed by atoms with Crippen LogP contribution in [0.5, 0.6) is 0 Å². The summed E-state index contributed by atoms with van der Waals surface area (Å²) in [6, 6.07) is 9.15. The SMILES string of the molecule is CN(C)C(=O)c1ccc(-c2cnc(N3CCN(C(=O)OCc4cncs4)CC3)c(C#N)c2)cc1Cl. The van der Waals surface area contributed by atoms with E-state index in [9.17, 15) is 14.9 Å². The Bertz CT molecular complexity index is 1270. The first-order valence-corrected chi connectivity index (χ1v) is 12.1. The fraction of sp³-hybridized carbons (Fsp3) is 0.292. The van der Waals surface area contributed by atoms with E-state index in [1.54, 1.807) is 61.2 Å². The van der Waals surface area contributed by atoms with E-state index in [1.807, 2.05) is 4.90 Å². The number of nitriles is 1. The lowest BCUT2D eigenvalue weighted by molar-refractivity contribution is 0.0827. The second-order valence-electron chi connectivity index (χ2n) is 8.10. The molecule has 1 fully saturated rings. The molecule has 1 aliphatic heterocycles. The van der Waals surface area contributed by atoms with Crippen molar-refractivity contribution < 1.29 is 14.3 Å². The van der Waals surface area contributed by atoms with Gasteiger partial charge < -0.3 is 19.4 Å². The van der Waals surface area contributed by atoms with E-state index in [1.165, 1.54) is 16.2 Å². The molecule has 1 aromatic carbocycles. The predicted octanol–water partition coefficient (Wildman–Crippen LogP) is 3.89. The Kier molecular flexibility index (Phi) is 7.48. The van der Waals surface area contributed by atoms with Gasteiger partial charge in [-0.15, -0.1) is 11.3 Å². The van der Waals surface area contributed by atoms with E-state index in [0.717, 1.165) is 16.0 Å². The Balaban J connectivity index is 1.43. The average Bonchev–Trinajstić information content (AvgIpc) is 3.40. The van der Waals surface area contributed by atoms with Crippen molar-refractivity contribution in [2.75, 3.05) is 45.2 Å². The van der Waals surface area contributed by atoms with Crippen LogP contribution in [-0.4, -0.2) is 72.0 Å². The molecule has 11 heteroatoms. The summed E-state index contributed by atoms with van der Waals surface area (Å²) in [6.45, 7) is 2.20. The van der Waals surface area contributed by atoms with Crippen molar-refractivity contribution in [1.82, 2.24) is 19.8 Å². The zero-order valence-electron chi connectivity index (χ0n) is 19.3. The van der Waals surface area contributed by atoms with Gasteiger partial charge in [0.05, 0.1) is 26.5 Å². The number of hydrogen-bond donors (Lipinski definition) is 0. The van der Waals surface area contributed by atoms with Crippen LogP contribution in [0.3, 0.4) is 0 Å². The number of rotatable bonds is 5. The first-order valence-electron chi connectivity index (χ1n) is 10.8. The molecule has 2 aromatic heterocycles. The van der Waals surface area contributed by atoms with E-state index < -0.39 is 0 Å². The highest BCUT2D eigenvalue weighted by Crippen LogP contribution is 2.29. The summed E-state index contributed by atoms with van der Waals surface area (Å²) in [5, 5.41) is 10.1. The minimum absolute atomic E-state index is 0.181. The van der Waals surface area contributed by atoms with Crippen molar-refractivity contribution >= 4 is 40.8 Å². The minimum atomic E-state index is -0.366. The van der Waals surface area contributed by atoms with Crippen LogP contribution in [0.1, 0.15) is 20.8 Å². The number of pyridine rings is 1. The summed E-state index contributed by atoms with van der Waals surface area (Å²) >= 11 is 7.79. The zero-order chi connectivity index (χ0) is 24.9. The topological polar surface area (TPSA) is 103 Å². The molecule has 9 nitrogen and oxygen atoms in total. The Labute approximate surface area is 212 Å². The van der Waals surface area contributed by atoms with Crippen molar-refractivity contribution in [2.45, 2.75) is 6.61 Å². The fourth-order valence-electron chi connectivity index (χ4n) is 3.70. The number of carbonyl (C=O) groups is 2. The summed E-state index contributed by atoms with van der Waals surface area (Å²) in [4.78, 5) is 39.1. The third kappa shape index (κ3) is 5.53. The van der Waals surface area contributed by atoms with Crippen LogP contribution in [0.25, 0.3) is 11.1 Å². The number of halogens is 1. The third-order valence-corrected chi connectivity index (χ3v) is 6.65. The first-order chi connectivity index (χ1) is 16.9. The number of carbonyl (C=O) groups excluding carboxylic acids is 2. The van der Waals surface area contributed by atoms with Gasteiger partial charge in [-0.05, 0) is 23.8 Å². The van der Waals surface area contributed by atoms with Gasteiger partial charge in [-0.2, -0.15) is 5.26 Å². The monoisotopic (exact) mass is 510 g/mol. The molecule has 0 aliphatic carbocycles. The molecule has 3 heterocycles. The number of aromatic nitrogens is 2. The maximum absolute atomic E-state index is 12.4. The van der Waals surface area contributed by atoms with Gasteiger partial charge in [0, 0.05) is 58.2 Å². The second kappa shape index (κ2) is 10.7. The maximum Gasteiger partial charge on any atom is 0.410 e. The molecule has 0 atom stereocenters. The van der Waals surface area contributed by atoms with Crippen LogP contribution in [0.4, 0.5) is 10.6 Å². The fourth-order valence-corrected chi connectivity index (χ4v) is 4.46. The second-order valence-corrected chi connectivity index (χ2v) is 9.48. The molecular weight excluding hydrogens is 488 g/mol. The van der Waals surface area contributed by atoms with Crippen LogP contribution >= 0.6 is 22.9 Å². The minimum Gasteiger partial charge on any atom is -0.444 e. The van der Waals surface area contributed by atoms with Gasteiger partial charge >= 0.3 is 6.09 Å². The largest absolute Gasteiger partial charge is 0.444 e. The van der Waals surface area contributed by atoms with E-state index >= 15 is 0 Å². The molecule has 3 aromatic rings. The molecule has 0 saturated carbocycles. The summed E-state index contributed by atoms with van der Waals surface area (Å²) in [7, 11) is 3.33. The molecule has 0 unspecified atom stereocenters. The molecule has 180 valence electrons. The molecule has 1 saturated heterocycles. The zero-order valence-corrected chi connectivity index (χ0v) is 20.8. The quantitative estimate of drug-likeness (QED) is 0.513. The third-order valence-electron chi connectivity index (χ3n) is 5.58. The molecule has 0 spiro atoms. The van der Waals surface area contributed by atoms with Crippen molar-refractivity contribution in [3.05, 3.63) is 63.2 Å². The van der Waals surface area contributed by atoms with Crippen molar-refractivity contribution in [1.29, 1.82) is 5.26 Å². The van der Waals surface area contributed by atoms with E-state index in [2.05, 4.69) is 16.0 Å². The van der Waals surface area contributed by atoms with Gasteiger partial charge in [0.15, 0.2) is 0 Å².